The minimum absolute atomic E-state index is 0.0841. The molecule has 0 N–H and O–H groups in total. The number of nitrogens with zero attached hydrogens (tertiary/aromatic N) is 2. The van der Waals surface area contributed by atoms with Gasteiger partial charge in [0.25, 0.3) is 9.84 Å². The Kier molecular flexibility index (Phi) is 4.04. The Morgan fingerprint density at radius 2 is 1.65 bits per heavy atom. The van der Waals surface area contributed by atoms with E-state index in [9.17, 15) is 26.0 Å². The second-order valence-corrected chi connectivity index (χ2v) is 7.73. The molecule has 3 rings (SSSR count). The van der Waals surface area contributed by atoms with E-state index in [0.717, 1.165) is 25.0 Å². The molecule has 1 heterocycles. The van der Waals surface area contributed by atoms with Gasteiger partial charge in [0, 0.05) is 32.2 Å². The average molecular weight is 352 g/mol. The summed E-state index contributed by atoms with van der Waals surface area (Å²) in [4.78, 5) is 2.82. The maximum Gasteiger partial charge on any atom is 0.501 e. The van der Waals surface area contributed by atoms with Gasteiger partial charge in [0.05, 0.1) is 5.69 Å². The van der Waals surface area contributed by atoms with Crippen molar-refractivity contribution in [2.24, 2.45) is 0 Å². The van der Waals surface area contributed by atoms with Crippen molar-refractivity contribution in [1.82, 2.24) is 4.90 Å². The van der Waals surface area contributed by atoms with Crippen molar-refractivity contribution in [2.45, 2.75) is 29.3 Å². The van der Waals surface area contributed by atoms with Crippen molar-refractivity contribution in [3.63, 3.8) is 0 Å². The number of sulfone groups is 1. The number of rotatable bonds is 3. The van der Waals surface area contributed by atoms with E-state index in [1.807, 2.05) is 0 Å². The van der Waals surface area contributed by atoms with Crippen LogP contribution in [-0.4, -0.2) is 51.0 Å². The van der Waals surface area contributed by atoms with Crippen LogP contribution in [0.3, 0.4) is 0 Å². The average Bonchev–Trinajstić information content (AvgIpc) is 3.31. The molecule has 128 valence electrons. The summed E-state index contributed by atoms with van der Waals surface area (Å²) in [7, 11) is -5.59. The summed E-state index contributed by atoms with van der Waals surface area (Å²) in [6, 6.07) is 3.09. The van der Waals surface area contributed by atoms with Crippen LogP contribution in [0.25, 0.3) is 0 Å². The van der Waals surface area contributed by atoms with E-state index < -0.39 is 26.1 Å². The van der Waals surface area contributed by atoms with Crippen LogP contribution in [0.4, 0.5) is 23.2 Å². The van der Waals surface area contributed by atoms with Gasteiger partial charge in [-0.05, 0) is 31.0 Å². The lowest BCUT2D eigenvalue weighted by Gasteiger charge is -2.37. The van der Waals surface area contributed by atoms with E-state index in [1.54, 1.807) is 4.90 Å². The van der Waals surface area contributed by atoms with Gasteiger partial charge in [0.2, 0.25) is 0 Å². The van der Waals surface area contributed by atoms with Gasteiger partial charge in [-0.3, -0.25) is 4.90 Å². The molecular weight excluding hydrogens is 336 g/mol. The first kappa shape index (κ1) is 16.5. The maximum atomic E-state index is 13.4. The van der Waals surface area contributed by atoms with Crippen molar-refractivity contribution in [2.75, 3.05) is 31.1 Å². The molecule has 0 amide bonds. The summed E-state index contributed by atoms with van der Waals surface area (Å²) in [5.41, 5.74) is -5.54. The first-order valence-electron chi connectivity index (χ1n) is 7.30. The minimum atomic E-state index is -5.59. The molecule has 1 aliphatic heterocycles. The van der Waals surface area contributed by atoms with Crippen molar-refractivity contribution in [1.29, 1.82) is 0 Å². The van der Waals surface area contributed by atoms with Crippen LogP contribution in [0, 0.1) is 5.82 Å². The minimum Gasteiger partial charge on any atom is -0.368 e. The summed E-state index contributed by atoms with van der Waals surface area (Å²) < 4.78 is 75.3. The van der Waals surface area contributed by atoms with E-state index in [0.29, 0.717) is 38.3 Å². The van der Waals surface area contributed by atoms with Gasteiger partial charge in [-0.1, -0.05) is 0 Å². The molecule has 0 atom stereocenters. The van der Waals surface area contributed by atoms with E-state index in [-0.39, 0.29) is 5.69 Å². The van der Waals surface area contributed by atoms with Gasteiger partial charge in [0.15, 0.2) is 0 Å². The van der Waals surface area contributed by atoms with E-state index in [4.69, 9.17) is 0 Å². The van der Waals surface area contributed by atoms with E-state index in [2.05, 4.69) is 4.90 Å². The largest absolute Gasteiger partial charge is 0.501 e. The number of alkyl halides is 3. The molecule has 1 saturated carbocycles. The Labute approximate surface area is 131 Å². The molecule has 0 spiro atoms. The maximum absolute atomic E-state index is 13.4. The third-order valence-corrected chi connectivity index (χ3v) is 5.75. The molecule has 1 aromatic rings. The van der Waals surface area contributed by atoms with Gasteiger partial charge in [-0.25, -0.2) is 12.8 Å². The van der Waals surface area contributed by atoms with Crippen LogP contribution in [0.5, 0.6) is 0 Å². The van der Waals surface area contributed by atoms with Gasteiger partial charge in [0.1, 0.15) is 10.7 Å². The van der Waals surface area contributed by atoms with Gasteiger partial charge in [-0.2, -0.15) is 13.2 Å². The smallest absolute Gasteiger partial charge is 0.368 e. The zero-order valence-corrected chi connectivity index (χ0v) is 13.0. The molecule has 1 aliphatic carbocycles. The van der Waals surface area contributed by atoms with Gasteiger partial charge in [-0.15, -0.1) is 0 Å². The molecule has 23 heavy (non-hydrogen) atoms. The molecule has 1 aromatic carbocycles. The van der Waals surface area contributed by atoms with Crippen molar-refractivity contribution < 1.29 is 26.0 Å². The molecule has 0 aromatic heterocycles. The Hall–Kier alpha value is -1.35. The van der Waals surface area contributed by atoms with E-state index in [1.165, 1.54) is 0 Å². The highest BCUT2D eigenvalue weighted by Gasteiger charge is 2.48. The lowest BCUT2D eigenvalue weighted by molar-refractivity contribution is -0.0435. The Morgan fingerprint density at radius 1 is 1.04 bits per heavy atom. The number of piperazine rings is 1. The highest BCUT2D eigenvalue weighted by atomic mass is 32.2. The third-order valence-electron chi connectivity index (χ3n) is 4.23. The summed E-state index contributed by atoms with van der Waals surface area (Å²) >= 11 is 0. The predicted molar refractivity (Wildman–Crippen MR) is 76.4 cm³/mol. The van der Waals surface area contributed by atoms with Gasteiger partial charge >= 0.3 is 5.51 Å². The number of anilines is 1. The summed E-state index contributed by atoms with van der Waals surface area (Å²) in [6.45, 7) is 2.16. The van der Waals surface area contributed by atoms with Gasteiger partial charge < -0.3 is 4.90 Å². The standard InChI is InChI=1S/C14H16F4N2O2S/c15-10-1-4-12(13(9-10)23(21,22)14(16,17)18)20-7-5-19(6-8-20)11-2-3-11/h1,4,9,11H,2-3,5-8H2. The topological polar surface area (TPSA) is 40.6 Å². The van der Waals surface area contributed by atoms with Crippen LogP contribution in [0.1, 0.15) is 12.8 Å². The second kappa shape index (κ2) is 5.62. The highest BCUT2D eigenvalue weighted by Crippen LogP contribution is 2.37. The SMILES string of the molecule is O=S(=O)(c1cc(F)ccc1N1CCN(C2CC2)CC1)C(F)(F)F. The molecule has 0 radical (unpaired) electrons. The number of halogens is 4. The summed E-state index contributed by atoms with van der Waals surface area (Å²) in [5.74, 6) is -1.01. The number of hydrogen-bond donors (Lipinski definition) is 0. The fourth-order valence-electron chi connectivity index (χ4n) is 2.86. The Bertz CT molecular complexity index is 693. The molecule has 0 bridgehead atoms. The monoisotopic (exact) mass is 352 g/mol. The first-order chi connectivity index (χ1) is 10.7. The molecule has 4 nitrogen and oxygen atoms in total. The third kappa shape index (κ3) is 3.16. The van der Waals surface area contributed by atoms with E-state index >= 15 is 0 Å². The number of benzene rings is 1. The lowest BCUT2D eigenvalue weighted by Crippen LogP contribution is -2.47. The molecular formula is C14H16F4N2O2S. The molecule has 2 aliphatic rings. The molecule has 1 saturated heterocycles. The van der Waals surface area contributed by atoms with Crippen LogP contribution in [0.2, 0.25) is 0 Å². The fraction of sp³-hybridized carbons (Fsp3) is 0.571. The van der Waals surface area contributed by atoms with Crippen LogP contribution >= 0.6 is 0 Å². The number of hydrogen-bond acceptors (Lipinski definition) is 4. The lowest BCUT2D eigenvalue weighted by atomic mass is 10.2. The molecule has 2 fully saturated rings. The highest BCUT2D eigenvalue weighted by molar-refractivity contribution is 7.92. The second-order valence-electron chi connectivity index (χ2n) is 5.82. The van der Waals surface area contributed by atoms with Crippen LogP contribution in [0.15, 0.2) is 23.1 Å². The zero-order valence-electron chi connectivity index (χ0n) is 12.2. The first-order valence-corrected chi connectivity index (χ1v) is 8.78. The Morgan fingerprint density at radius 3 is 2.17 bits per heavy atom. The fourth-order valence-corrected chi connectivity index (χ4v) is 3.85. The Balaban J connectivity index is 1.91. The zero-order chi connectivity index (χ0) is 16.8. The van der Waals surface area contributed by atoms with Crippen LogP contribution < -0.4 is 4.90 Å². The molecule has 9 heteroatoms. The van der Waals surface area contributed by atoms with Crippen molar-refractivity contribution in [3.8, 4) is 0 Å². The van der Waals surface area contributed by atoms with Crippen molar-refractivity contribution in [3.05, 3.63) is 24.0 Å². The summed E-state index contributed by atoms with van der Waals surface area (Å²) in [5, 5.41) is 0. The normalized spacial score (nSPS) is 20.8. The van der Waals surface area contributed by atoms with Crippen molar-refractivity contribution >= 4 is 15.5 Å². The summed E-state index contributed by atoms with van der Waals surface area (Å²) in [6.07, 6.45) is 2.26. The quantitative estimate of drug-likeness (QED) is 0.784. The van der Waals surface area contributed by atoms with Crippen LogP contribution in [-0.2, 0) is 9.84 Å². The predicted octanol–water partition coefficient (Wildman–Crippen LogP) is 2.40. The molecule has 0 unspecified atom stereocenters.